The summed E-state index contributed by atoms with van der Waals surface area (Å²) in [6.45, 7) is 3.83. The lowest BCUT2D eigenvalue weighted by atomic mass is 9.87. The lowest BCUT2D eigenvalue weighted by Gasteiger charge is -2.28. The van der Waals surface area contributed by atoms with Gasteiger partial charge in [0.25, 0.3) is 0 Å². The Labute approximate surface area is 109 Å². The van der Waals surface area contributed by atoms with E-state index < -0.39 is 0 Å². The van der Waals surface area contributed by atoms with Gasteiger partial charge in [0.1, 0.15) is 0 Å². The highest BCUT2D eigenvalue weighted by Gasteiger charge is 2.33. The molecule has 3 N–H and O–H groups in total. The van der Waals surface area contributed by atoms with Crippen molar-refractivity contribution in [2.75, 3.05) is 33.4 Å². The maximum Gasteiger partial charge on any atom is 0.236 e. The molecule has 1 saturated carbocycles. The lowest BCUT2D eigenvalue weighted by molar-refractivity contribution is -0.123. The van der Waals surface area contributed by atoms with Crippen LogP contribution in [0.15, 0.2) is 0 Å². The Morgan fingerprint density at radius 1 is 1.44 bits per heavy atom. The van der Waals surface area contributed by atoms with E-state index in [2.05, 4.69) is 10.6 Å². The molecule has 0 aromatic heterocycles. The van der Waals surface area contributed by atoms with E-state index in [1.165, 1.54) is 12.8 Å². The quantitative estimate of drug-likeness (QED) is 0.547. The summed E-state index contributed by atoms with van der Waals surface area (Å²) in [5.41, 5.74) is -0.0128. The molecule has 5 heteroatoms. The van der Waals surface area contributed by atoms with E-state index in [1.807, 2.05) is 6.92 Å². The predicted octanol–water partition coefficient (Wildman–Crippen LogP) is 0.280. The van der Waals surface area contributed by atoms with Gasteiger partial charge in [-0.05, 0) is 19.8 Å². The summed E-state index contributed by atoms with van der Waals surface area (Å²) in [5.74, 6) is -0.0156. The van der Waals surface area contributed by atoms with Crippen LogP contribution in [-0.2, 0) is 9.53 Å². The standard InChI is InChI=1S/C13H26N2O3/c1-11(12(17)14-7-8-18-2)15-9-13(10-16)5-3-4-6-13/h11,15-16H,3-10H2,1-2H3,(H,14,17). The molecule has 0 saturated heterocycles. The third-order valence-corrected chi connectivity index (χ3v) is 3.78. The minimum Gasteiger partial charge on any atom is -0.396 e. The van der Waals surface area contributed by atoms with Crippen molar-refractivity contribution >= 4 is 5.91 Å². The van der Waals surface area contributed by atoms with Gasteiger partial charge in [-0.15, -0.1) is 0 Å². The van der Waals surface area contributed by atoms with E-state index in [9.17, 15) is 9.90 Å². The topological polar surface area (TPSA) is 70.6 Å². The van der Waals surface area contributed by atoms with Crippen LogP contribution < -0.4 is 10.6 Å². The summed E-state index contributed by atoms with van der Waals surface area (Å²) in [6.07, 6.45) is 4.45. The molecule has 0 radical (unpaired) electrons. The molecule has 1 atom stereocenters. The monoisotopic (exact) mass is 258 g/mol. The molecule has 1 aliphatic carbocycles. The second-order valence-electron chi connectivity index (χ2n) is 5.25. The number of carbonyl (C=O) groups is 1. The minimum atomic E-state index is -0.231. The van der Waals surface area contributed by atoms with Crippen LogP contribution in [0.25, 0.3) is 0 Å². The van der Waals surface area contributed by atoms with Crippen LogP contribution in [0.1, 0.15) is 32.6 Å². The zero-order valence-electron chi connectivity index (χ0n) is 11.5. The number of nitrogens with one attached hydrogen (secondary N) is 2. The van der Waals surface area contributed by atoms with Gasteiger partial charge in [-0.25, -0.2) is 0 Å². The molecule has 5 nitrogen and oxygen atoms in total. The van der Waals surface area contributed by atoms with Crippen molar-refractivity contribution < 1.29 is 14.6 Å². The summed E-state index contributed by atoms with van der Waals surface area (Å²) in [6, 6.07) is -0.231. The van der Waals surface area contributed by atoms with E-state index >= 15 is 0 Å². The number of methoxy groups -OCH3 is 1. The molecule has 0 bridgehead atoms. The van der Waals surface area contributed by atoms with Gasteiger partial charge in [-0.3, -0.25) is 4.79 Å². The maximum atomic E-state index is 11.7. The molecule has 106 valence electrons. The highest BCUT2D eigenvalue weighted by molar-refractivity contribution is 5.81. The second-order valence-corrected chi connectivity index (χ2v) is 5.25. The SMILES string of the molecule is COCCNC(=O)C(C)NCC1(CO)CCCC1. The van der Waals surface area contributed by atoms with Crippen molar-refractivity contribution in [3.63, 3.8) is 0 Å². The average Bonchev–Trinajstić information content (AvgIpc) is 2.85. The van der Waals surface area contributed by atoms with E-state index in [-0.39, 0.29) is 24.0 Å². The zero-order valence-corrected chi connectivity index (χ0v) is 11.5. The molecule has 0 aliphatic heterocycles. The van der Waals surface area contributed by atoms with Crippen LogP contribution in [-0.4, -0.2) is 50.5 Å². The fourth-order valence-electron chi connectivity index (χ4n) is 2.41. The molecule has 1 aliphatic rings. The van der Waals surface area contributed by atoms with Gasteiger partial charge in [0.2, 0.25) is 5.91 Å². The van der Waals surface area contributed by atoms with Crippen molar-refractivity contribution in [2.45, 2.75) is 38.6 Å². The van der Waals surface area contributed by atoms with Gasteiger partial charge in [0, 0.05) is 32.2 Å². The highest BCUT2D eigenvalue weighted by atomic mass is 16.5. The van der Waals surface area contributed by atoms with E-state index in [1.54, 1.807) is 7.11 Å². The molecular formula is C13H26N2O3. The first kappa shape index (κ1) is 15.4. The molecule has 1 unspecified atom stereocenters. The zero-order chi connectivity index (χ0) is 13.4. The summed E-state index contributed by atoms with van der Waals surface area (Å²) >= 11 is 0. The van der Waals surface area contributed by atoms with Gasteiger partial charge in [-0.1, -0.05) is 12.8 Å². The highest BCUT2D eigenvalue weighted by Crippen LogP contribution is 2.36. The van der Waals surface area contributed by atoms with Crippen molar-refractivity contribution in [1.82, 2.24) is 10.6 Å². The number of amides is 1. The van der Waals surface area contributed by atoms with E-state index in [0.29, 0.717) is 19.7 Å². The van der Waals surface area contributed by atoms with Crippen molar-refractivity contribution in [3.8, 4) is 0 Å². The Kier molecular flexibility index (Phi) is 6.60. The molecular weight excluding hydrogens is 232 g/mol. The lowest BCUT2D eigenvalue weighted by Crippen LogP contribution is -2.47. The molecule has 1 rings (SSSR count). The first-order chi connectivity index (χ1) is 8.63. The predicted molar refractivity (Wildman–Crippen MR) is 70.3 cm³/mol. The number of aliphatic hydroxyl groups excluding tert-OH is 1. The third-order valence-electron chi connectivity index (χ3n) is 3.78. The Balaban J connectivity index is 2.26. The van der Waals surface area contributed by atoms with Crippen LogP contribution in [0.4, 0.5) is 0 Å². The van der Waals surface area contributed by atoms with Crippen LogP contribution in [0, 0.1) is 5.41 Å². The summed E-state index contributed by atoms with van der Waals surface area (Å²) in [7, 11) is 1.61. The van der Waals surface area contributed by atoms with Crippen LogP contribution >= 0.6 is 0 Å². The third kappa shape index (κ3) is 4.55. The fourth-order valence-corrected chi connectivity index (χ4v) is 2.41. The second kappa shape index (κ2) is 7.71. The molecule has 0 aromatic carbocycles. The van der Waals surface area contributed by atoms with Gasteiger partial charge >= 0.3 is 0 Å². The molecule has 0 heterocycles. The fraction of sp³-hybridized carbons (Fsp3) is 0.923. The van der Waals surface area contributed by atoms with Gasteiger partial charge in [0.05, 0.1) is 12.6 Å². The molecule has 0 spiro atoms. The van der Waals surface area contributed by atoms with E-state index in [4.69, 9.17) is 4.74 Å². The van der Waals surface area contributed by atoms with Crippen molar-refractivity contribution in [3.05, 3.63) is 0 Å². The van der Waals surface area contributed by atoms with E-state index in [0.717, 1.165) is 12.8 Å². The number of carbonyl (C=O) groups excluding carboxylic acids is 1. The number of aliphatic hydroxyl groups is 1. The Morgan fingerprint density at radius 2 is 2.11 bits per heavy atom. The van der Waals surface area contributed by atoms with Gasteiger partial charge in [-0.2, -0.15) is 0 Å². The number of rotatable bonds is 8. The molecule has 18 heavy (non-hydrogen) atoms. The summed E-state index contributed by atoms with van der Waals surface area (Å²) in [5, 5.41) is 15.5. The van der Waals surface area contributed by atoms with Crippen molar-refractivity contribution in [2.24, 2.45) is 5.41 Å². The van der Waals surface area contributed by atoms with Crippen LogP contribution in [0.3, 0.4) is 0 Å². The first-order valence-corrected chi connectivity index (χ1v) is 6.74. The Bertz CT molecular complexity index is 253. The van der Waals surface area contributed by atoms with Gasteiger partial charge < -0.3 is 20.5 Å². The smallest absolute Gasteiger partial charge is 0.236 e. The minimum absolute atomic E-state index is 0.0128. The average molecular weight is 258 g/mol. The maximum absolute atomic E-state index is 11.7. The Morgan fingerprint density at radius 3 is 2.67 bits per heavy atom. The first-order valence-electron chi connectivity index (χ1n) is 6.74. The molecule has 0 aromatic rings. The normalized spacial score (nSPS) is 19.7. The largest absolute Gasteiger partial charge is 0.396 e. The Hall–Kier alpha value is -0.650. The van der Waals surface area contributed by atoms with Crippen LogP contribution in [0.2, 0.25) is 0 Å². The number of ether oxygens (including phenoxy) is 1. The van der Waals surface area contributed by atoms with Crippen LogP contribution in [0.5, 0.6) is 0 Å². The summed E-state index contributed by atoms with van der Waals surface area (Å²) < 4.78 is 4.88. The van der Waals surface area contributed by atoms with Crippen molar-refractivity contribution in [1.29, 1.82) is 0 Å². The molecule has 1 amide bonds. The number of hydrogen-bond acceptors (Lipinski definition) is 4. The van der Waals surface area contributed by atoms with Gasteiger partial charge in [0.15, 0.2) is 0 Å². The summed E-state index contributed by atoms with van der Waals surface area (Å²) in [4.78, 5) is 11.7. The number of hydrogen-bond donors (Lipinski definition) is 3. The molecule has 1 fully saturated rings.